The van der Waals surface area contributed by atoms with Crippen molar-refractivity contribution < 1.29 is 33.6 Å². The quantitative estimate of drug-likeness (QED) is 0.129. The molecule has 0 saturated heterocycles. The van der Waals surface area contributed by atoms with Gasteiger partial charge < -0.3 is 29.4 Å². The van der Waals surface area contributed by atoms with E-state index in [4.69, 9.17) is 24.1 Å². The summed E-state index contributed by atoms with van der Waals surface area (Å²) in [4.78, 5) is 21.6. The molecule has 0 unspecified atom stereocenters. The third-order valence-corrected chi connectivity index (χ3v) is 4.40. The topological polar surface area (TPSA) is 103 Å². The Morgan fingerprint density at radius 1 is 0.679 bits per heavy atom. The molecule has 0 aliphatic carbocycles. The first-order chi connectivity index (χ1) is 13.7. The van der Waals surface area contributed by atoms with Gasteiger partial charge in [-0.15, -0.1) is 0 Å². The molecule has 8 nitrogen and oxygen atoms in total. The van der Waals surface area contributed by atoms with Crippen molar-refractivity contribution in [3.63, 3.8) is 0 Å². The molecule has 0 fully saturated rings. The highest BCUT2D eigenvalue weighted by Gasteiger charge is 2.04. The summed E-state index contributed by atoms with van der Waals surface area (Å²) in [7, 11) is 0. The molecule has 1 amide bonds. The standard InChI is InChI=1S/C19H36INO7/c20-8-3-1-2-4-10-25-12-14-27-16-17-28-15-13-26-11-5-9-21-18(22)6-7-19(23)24/h1-17H2,(H,21,22)(H,23,24). The number of rotatable bonds is 22. The van der Waals surface area contributed by atoms with Crippen molar-refractivity contribution in [2.45, 2.75) is 44.9 Å². The fourth-order valence-corrected chi connectivity index (χ4v) is 2.66. The van der Waals surface area contributed by atoms with Gasteiger partial charge in [-0.05, 0) is 23.7 Å². The summed E-state index contributed by atoms with van der Waals surface area (Å²) in [6.07, 6.45) is 5.49. The van der Waals surface area contributed by atoms with Gasteiger partial charge in [-0.25, -0.2) is 0 Å². The molecule has 0 heterocycles. The van der Waals surface area contributed by atoms with Crippen LogP contribution in [0.2, 0.25) is 0 Å². The summed E-state index contributed by atoms with van der Waals surface area (Å²) in [5.74, 6) is -1.21. The zero-order valence-electron chi connectivity index (χ0n) is 16.8. The number of ether oxygens (including phenoxy) is 4. The van der Waals surface area contributed by atoms with Gasteiger partial charge in [0, 0.05) is 26.2 Å². The smallest absolute Gasteiger partial charge is 0.303 e. The molecule has 0 bridgehead atoms. The second kappa shape index (κ2) is 22.8. The molecule has 9 heteroatoms. The van der Waals surface area contributed by atoms with Crippen LogP contribution in [0.15, 0.2) is 0 Å². The molecule has 0 radical (unpaired) electrons. The number of amides is 1. The Balaban J connectivity index is 3.08. The molecular weight excluding hydrogens is 481 g/mol. The highest BCUT2D eigenvalue weighted by atomic mass is 127. The Bertz CT molecular complexity index is 372. The number of hydrogen-bond donors (Lipinski definition) is 2. The molecule has 0 aromatic rings. The molecule has 0 atom stereocenters. The van der Waals surface area contributed by atoms with E-state index in [9.17, 15) is 9.59 Å². The molecule has 0 aromatic carbocycles. The van der Waals surface area contributed by atoms with E-state index in [1.165, 1.54) is 23.7 Å². The van der Waals surface area contributed by atoms with Crippen LogP contribution in [0.5, 0.6) is 0 Å². The van der Waals surface area contributed by atoms with Gasteiger partial charge in [-0.3, -0.25) is 9.59 Å². The minimum absolute atomic E-state index is 0.0110. The third-order valence-electron chi connectivity index (χ3n) is 3.64. The van der Waals surface area contributed by atoms with E-state index in [1.54, 1.807) is 0 Å². The van der Waals surface area contributed by atoms with E-state index < -0.39 is 5.97 Å². The van der Waals surface area contributed by atoms with Crippen molar-refractivity contribution in [1.82, 2.24) is 5.32 Å². The predicted molar refractivity (Wildman–Crippen MR) is 115 cm³/mol. The largest absolute Gasteiger partial charge is 0.481 e. The van der Waals surface area contributed by atoms with Crippen LogP contribution in [0.1, 0.15) is 44.9 Å². The van der Waals surface area contributed by atoms with Crippen molar-refractivity contribution in [3.05, 3.63) is 0 Å². The van der Waals surface area contributed by atoms with Crippen LogP contribution in [0.3, 0.4) is 0 Å². The predicted octanol–water partition coefficient (Wildman–Crippen LogP) is 2.42. The van der Waals surface area contributed by atoms with Gasteiger partial charge >= 0.3 is 5.97 Å². The molecule has 0 spiro atoms. The number of carbonyl (C=O) groups is 2. The van der Waals surface area contributed by atoms with Gasteiger partial charge in [0.2, 0.25) is 5.91 Å². The summed E-state index contributed by atoms with van der Waals surface area (Å²) in [6, 6.07) is 0. The number of nitrogens with one attached hydrogen (secondary N) is 1. The lowest BCUT2D eigenvalue weighted by molar-refractivity contribution is -0.138. The van der Waals surface area contributed by atoms with E-state index in [2.05, 4.69) is 27.9 Å². The lowest BCUT2D eigenvalue weighted by atomic mass is 10.2. The van der Waals surface area contributed by atoms with Crippen LogP contribution in [0.4, 0.5) is 0 Å². The van der Waals surface area contributed by atoms with Crippen molar-refractivity contribution in [3.8, 4) is 0 Å². The van der Waals surface area contributed by atoms with Gasteiger partial charge in [0.25, 0.3) is 0 Å². The van der Waals surface area contributed by atoms with Crippen LogP contribution in [-0.2, 0) is 28.5 Å². The van der Waals surface area contributed by atoms with Crippen LogP contribution in [0, 0.1) is 0 Å². The number of hydrogen-bond acceptors (Lipinski definition) is 6. The SMILES string of the molecule is O=C(O)CCC(=O)NCCCOCCOCCOCCOCCCCCCI. The molecule has 28 heavy (non-hydrogen) atoms. The maximum absolute atomic E-state index is 11.3. The van der Waals surface area contributed by atoms with Crippen molar-refractivity contribution in [1.29, 1.82) is 0 Å². The zero-order valence-corrected chi connectivity index (χ0v) is 19.0. The van der Waals surface area contributed by atoms with E-state index in [0.717, 1.165) is 13.0 Å². The lowest BCUT2D eigenvalue weighted by Gasteiger charge is -2.08. The number of unbranched alkanes of at least 4 members (excludes halogenated alkanes) is 3. The molecule has 2 N–H and O–H groups in total. The maximum atomic E-state index is 11.3. The summed E-state index contributed by atoms with van der Waals surface area (Å²) in [5.41, 5.74) is 0. The van der Waals surface area contributed by atoms with E-state index in [0.29, 0.717) is 59.2 Å². The Hall–Kier alpha value is -0.490. The van der Waals surface area contributed by atoms with Gasteiger partial charge in [-0.1, -0.05) is 35.4 Å². The fourth-order valence-electron chi connectivity index (χ4n) is 2.12. The van der Waals surface area contributed by atoms with Crippen molar-refractivity contribution in [2.75, 3.05) is 63.8 Å². The van der Waals surface area contributed by atoms with Crippen LogP contribution in [0.25, 0.3) is 0 Å². The average molecular weight is 517 g/mol. The highest BCUT2D eigenvalue weighted by molar-refractivity contribution is 14.1. The number of carbonyl (C=O) groups excluding carboxylic acids is 1. The van der Waals surface area contributed by atoms with Crippen LogP contribution >= 0.6 is 22.6 Å². The van der Waals surface area contributed by atoms with Crippen LogP contribution in [-0.4, -0.2) is 80.8 Å². The fraction of sp³-hybridized carbons (Fsp3) is 0.895. The summed E-state index contributed by atoms with van der Waals surface area (Å²) < 4.78 is 23.0. The van der Waals surface area contributed by atoms with Crippen molar-refractivity contribution >= 4 is 34.5 Å². The highest BCUT2D eigenvalue weighted by Crippen LogP contribution is 2.02. The Morgan fingerprint density at radius 2 is 1.18 bits per heavy atom. The van der Waals surface area contributed by atoms with Gasteiger partial charge in [0.1, 0.15) is 0 Å². The number of alkyl halides is 1. The Morgan fingerprint density at radius 3 is 1.71 bits per heavy atom. The first-order valence-corrected chi connectivity index (χ1v) is 11.5. The summed E-state index contributed by atoms with van der Waals surface area (Å²) in [5, 5.41) is 11.1. The Kier molecular flexibility index (Phi) is 22.4. The third kappa shape index (κ3) is 23.5. The van der Waals surface area contributed by atoms with Gasteiger partial charge in [0.15, 0.2) is 0 Å². The number of carboxylic acid groups (broad SMARTS) is 1. The monoisotopic (exact) mass is 517 g/mol. The summed E-state index contributed by atoms with van der Waals surface area (Å²) >= 11 is 2.41. The molecule has 0 aromatic heterocycles. The van der Waals surface area contributed by atoms with Crippen molar-refractivity contribution in [2.24, 2.45) is 0 Å². The number of aliphatic carboxylic acids is 1. The average Bonchev–Trinajstić information content (AvgIpc) is 2.68. The normalized spacial score (nSPS) is 10.9. The second-order valence-corrected chi connectivity index (χ2v) is 7.23. The van der Waals surface area contributed by atoms with E-state index in [1.807, 2.05) is 0 Å². The molecule has 0 rings (SSSR count). The van der Waals surface area contributed by atoms with Gasteiger partial charge in [-0.2, -0.15) is 0 Å². The van der Waals surface area contributed by atoms with Crippen LogP contribution < -0.4 is 5.32 Å². The molecule has 0 aliphatic heterocycles. The second-order valence-electron chi connectivity index (χ2n) is 6.15. The lowest BCUT2D eigenvalue weighted by Crippen LogP contribution is -2.25. The first kappa shape index (κ1) is 27.5. The maximum Gasteiger partial charge on any atom is 0.303 e. The number of halogens is 1. The molecule has 0 saturated carbocycles. The zero-order chi connectivity index (χ0) is 20.7. The minimum Gasteiger partial charge on any atom is -0.481 e. The molecular formula is C19H36INO7. The van der Waals surface area contributed by atoms with E-state index in [-0.39, 0.29) is 18.7 Å². The van der Waals surface area contributed by atoms with E-state index >= 15 is 0 Å². The number of carboxylic acids is 1. The first-order valence-electron chi connectivity index (χ1n) is 10.0. The molecule has 0 aliphatic rings. The Labute approximate surface area is 182 Å². The molecule has 166 valence electrons. The minimum atomic E-state index is -0.967. The van der Waals surface area contributed by atoms with Gasteiger partial charge in [0.05, 0.1) is 46.1 Å². The summed E-state index contributed by atoms with van der Waals surface area (Å²) in [6.45, 7) is 5.09.